The number of nitrogens with zero attached hydrogens (tertiary/aromatic N) is 2. The number of halogens is 1. The van der Waals surface area contributed by atoms with Gasteiger partial charge in [0.05, 0.1) is 9.95 Å². The van der Waals surface area contributed by atoms with Crippen molar-refractivity contribution >= 4 is 28.9 Å². The van der Waals surface area contributed by atoms with E-state index in [0.717, 1.165) is 12.8 Å². The highest BCUT2D eigenvalue weighted by molar-refractivity contribution is 6.34. The van der Waals surface area contributed by atoms with Crippen LogP contribution in [0, 0.1) is 10.1 Å². The second kappa shape index (κ2) is 6.28. The van der Waals surface area contributed by atoms with Crippen LogP contribution in [-0.2, 0) is 4.74 Å². The maximum atomic E-state index is 12.4. The topological polar surface area (TPSA) is 98.7 Å². The van der Waals surface area contributed by atoms with Crippen molar-refractivity contribution in [3.05, 3.63) is 32.8 Å². The van der Waals surface area contributed by atoms with E-state index < -0.39 is 4.92 Å². The molecule has 1 fully saturated rings. The summed E-state index contributed by atoms with van der Waals surface area (Å²) in [6.07, 6.45) is 1.49. The Hall–Kier alpha value is -1.86. The predicted molar refractivity (Wildman–Crippen MR) is 78.5 cm³/mol. The molecule has 1 amide bonds. The lowest BCUT2D eigenvalue weighted by molar-refractivity contribution is -0.383. The van der Waals surface area contributed by atoms with E-state index in [4.69, 9.17) is 22.1 Å². The standard InChI is InChI=1S/C13H16ClN3O4/c1-16(9-2-4-21-5-3-9)13(18)8-6-10(14)12(15)11(7-8)17(19)20/h6-7,9H,2-5,15H2,1H3. The van der Waals surface area contributed by atoms with E-state index in [1.165, 1.54) is 12.1 Å². The van der Waals surface area contributed by atoms with Crippen LogP contribution in [0.5, 0.6) is 0 Å². The fourth-order valence-electron chi connectivity index (χ4n) is 2.32. The maximum absolute atomic E-state index is 12.4. The molecule has 2 N–H and O–H groups in total. The van der Waals surface area contributed by atoms with Crippen LogP contribution in [0.25, 0.3) is 0 Å². The monoisotopic (exact) mass is 313 g/mol. The SMILES string of the molecule is CN(C(=O)c1cc(Cl)c(N)c([N+](=O)[O-])c1)C1CCOCC1. The number of rotatable bonds is 3. The molecule has 0 aromatic heterocycles. The van der Waals surface area contributed by atoms with E-state index in [1.54, 1.807) is 11.9 Å². The molecule has 114 valence electrons. The number of anilines is 1. The number of nitro benzene ring substituents is 1. The zero-order valence-electron chi connectivity index (χ0n) is 11.5. The molecular weight excluding hydrogens is 298 g/mol. The van der Waals surface area contributed by atoms with Gasteiger partial charge in [0.2, 0.25) is 0 Å². The maximum Gasteiger partial charge on any atom is 0.294 e. The van der Waals surface area contributed by atoms with Gasteiger partial charge >= 0.3 is 0 Å². The third kappa shape index (κ3) is 3.25. The average molecular weight is 314 g/mol. The summed E-state index contributed by atoms with van der Waals surface area (Å²) in [5, 5.41) is 11.0. The molecule has 21 heavy (non-hydrogen) atoms. The van der Waals surface area contributed by atoms with Crippen LogP contribution >= 0.6 is 11.6 Å². The lowest BCUT2D eigenvalue weighted by Crippen LogP contribution is -2.40. The van der Waals surface area contributed by atoms with E-state index >= 15 is 0 Å². The molecule has 0 bridgehead atoms. The van der Waals surface area contributed by atoms with Gasteiger partial charge in [0.15, 0.2) is 0 Å². The van der Waals surface area contributed by atoms with Gasteiger partial charge in [0.1, 0.15) is 5.69 Å². The van der Waals surface area contributed by atoms with Gasteiger partial charge in [-0.1, -0.05) is 11.6 Å². The number of carbonyl (C=O) groups is 1. The summed E-state index contributed by atoms with van der Waals surface area (Å²) < 4.78 is 5.26. The van der Waals surface area contributed by atoms with Crippen LogP contribution in [0.2, 0.25) is 5.02 Å². The molecular formula is C13H16ClN3O4. The number of hydrogen-bond donors (Lipinski definition) is 1. The summed E-state index contributed by atoms with van der Waals surface area (Å²) in [6.45, 7) is 1.20. The highest BCUT2D eigenvalue weighted by Gasteiger charge is 2.26. The molecule has 1 saturated heterocycles. The Bertz CT molecular complexity index is 573. The Morgan fingerprint density at radius 1 is 1.48 bits per heavy atom. The van der Waals surface area contributed by atoms with Crippen LogP contribution in [0.1, 0.15) is 23.2 Å². The van der Waals surface area contributed by atoms with Gasteiger partial charge in [0, 0.05) is 37.9 Å². The van der Waals surface area contributed by atoms with Crippen molar-refractivity contribution in [2.24, 2.45) is 0 Å². The third-order valence-corrected chi connectivity index (χ3v) is 3.92. The number of benzene rings is 1. The highest BCUT2D eigenvalue weighted by atomic mass is 35.5. The molecule has 1 aliphatic rings. The van der Waals surface area contributed by atoms with Gasteiger partial charge in [-0.2, -0.15) is 0 Å². The molecule has 0 radical (unpaired) electrons. The van der Waals surface area contributed by atoms with Gasteiger partial charge < -0.3 is 15.4 Å². The summed E-state index contributed by atoms with van der Waals surface area (Å²) in [4.78, 5) is 24.3. The first-order chi connectivity index (χ1) is 9.91. The van der Waals surface area contributed by atoms with Crippen molar-refractivity contribution in [2.75, 3.05) is 26.0 Å². The summed E-state index contributed by atoms with van der Waals surface area (Å²) in [5.74, 6) is -0.313. The van der Waals surface area contributed by atoms with Crippen LogP contribution in [0.15, 0.2) is 12.1 Å². The van der Waals surface area contributed by atoms with Gasteiger partial charge in [-0.15, -0.1) is 0 Å². The smallest absolute Gasteiger partial charge is 0.294 e. The summed E-state index contributed by atoms with van der Waals surface area (Å²) in [5.41, 5.74) is 5.23. The number of hydrogen-bond acceptors (Lipinski definition) is 5. The van der Waals surface area contributed by atoms with Gasteiger partial charge in [-0.3, -0.25) is 14.9 Å². The largest absolute Gasteiger partial charge is 0.392 e. The number of nitrogen functional groups attached to an aromatic ring is 1. The fraction of sp³-hybridized carbons (Fsp3) is 0.462. The molecule has 0 aliphatic carbocycles. The number of nitrogens with two attached hydrogens (primary N) is 1. The van der Waals surface area contributed by atoms with E-state index in [2.05, 4.69) is 0 Å². The molecule has 1 heterocycles. The minimum absolute atomic E-state index is 0.00734. The molecule has 0 spiro atoms. The summed E-state index contributed by atoms with van der Waals surface area (Å²) in [7, 11) is 1.68. The Labute approximate surface area is 126 Å². The molecule has 8 heteroatoms. The first-order valence-electron chi connectivity index (χ1n) is 6.50. The summed E-state index contributed by atoms with van der Waals surface area (Å²) >= 11 is 5.88. The quantitative estimate of drug-likeness (QED) is 0.523. The van der Waals surface area contributed by atoms with Gasteiger partial charge in [-0.25, -0.2) is 0 Å². The number of carbonyl (C=O) groups excluding carboxylic acids is 1. The van der Waals surface area contributed by atoms with Gasteiger partial charge in [-0.05, 0) is 18.9 Å². The molecule has 1 aromatic carbocycles. The minimum Gasteiger partial charge on any atom is -0.392 e. The predicted octanol–water partition coefficient (Wildman–Crippen LogP) is 2.08. The molecule has 0 atom stereocenters. The second-order valence-corrected chi connectivity index (χ2v) is 5.31. The summed E-state index contributed by atoms with van der Waals surface area (Å²) in [6, 6.07) is 2.59. The van der Waals surface area contributed by atoms with Crippen molar-refractivity contribution in [3.8, 4) is 0 Å². The second-order valence-electron chi connectivity index (χ2n) is 4.91. The Morgan fingerprint density at radius 2 is 2.10 bits per heavy atom. The Morgan fingerprint density at radius 3 is 2.67 bits per heavy atom. The molecule has 2 rings (SSSR count). The van der Waals surface area contributed by atoms with Crippen molar-refractivity contribution in [3.63, 3.8) is 0 Å². The number of nitro groups is 1. The van der Waals surface area contributed by atoms with Crippen LogP contribution in [0.3, 0.4) is 0 Å². The van der Waals surface area contributed by atoms with Crippen molar-refractivity contribution in [2.45, 2.75) is 18.9 Å². The third-order valence-electron chi connectivity index (χ3n) is 3.61. The minimum atomic E-state index is -0.646. The molecule has 0 unspecified atom stereocenters. The lowest BCUT2D eigenvalue weighted by atomic mass is 10.1. The lowest BCUT2D eigenvalue weighted by Gasteiger charge is -2.31. The first-order valence-corrected chi connectivity index (χ1v) is 6.88. The first kappa shape index (κ1) is 15.5. The Kier molecular flexibility index (Phi) is 4.64. The van der Waals surface area contributed by atoms with Crippen molar-refractivity contribution < 1.29 is 14.5 Å². The van der Waals surface area contributed by atoms with Crippen LogP contribution in [-0.4, -0.2) is 42.0 Å². The van der Waals surface area contributed by atoms with E-state index in [1.807, 2.05) is 0 Å². The zero-order chi connectivity index (χ0) is 15.6. The van der Waals surface area contributed by atoms with E-state index in [9.17, 15) is 14.9 Å². The van der Waals surface area contributed by atoms with E-state index in [0.29, 0.717) is 13.2 Å². The van der Waals surface area contributed by atoms with Crippen molar-refractivity contribution in [1.82, 2.24) is 4.90 Å². The average Bonchev–Trinajstić information content (AvgIpc) is 2.49. The van der Waals surface area contributed by atoms with E-state index in [-0.39, 0.29) is 33.9 Å². The van der Waals surface area contributed by atoms with Gasteiger partial charge in [0.25, 0.3) is 11.6 Å². The number of ether oxygens (including phenoxy) is 1. The highest BCUT2D eigenvalue weighted by Crippen LogP contribution is 2.31. The van der Waals surface area contributed by atoms with Crippen LogP contribution < -0.4 is 5.73 Å². The molecule has 1 aromatic rings. The normalized spacial score (nSPS) is 15.7. The Balaban J connectivity index is 2.28. The van der Waals surface area contributed by atoms with Crippen LogP contribution in [0.4, 0.5) is 11.4 Å². The zero-order valence-corrected chi connectivity index (χ0v) is 12.3. The molecule has 7 nitrogen and oxygen atoms in total. The fourth-order valence-corrected chi connectivity index (χ4v) is 2.53. The van der Waals surface area contributed by atoms with Crippen molar-refractivity contribution in [1.29, 1.82) is 0 Å². The number of amides is 1. The molecule has 0 saturated carbocycles. The molecule has 1 aliphatic heterocycles.